The van der Waals surface area contributed by atoms with Crippen LogP contribution in [0.5, 0.6) is 0 Å². The Morgan fingerprint density at radius 3 is 2.65 bits per heavy atom. The minimum Gasteiger partial charge on any atom is -0.385 e. The van der Waals surface area contributed by atoms with Gasteiger partial charge in [0.2, 0.25) is 5.69 Å². The summed E-state index contributed by atoms with van der Waals surface area (Å²) in [5.74, 6) is 0.270. The first-order chi connectivity index (χ1) is 7.98. The summed E-state index contributed by atoms with van der Waals surface area (Å²) in [5, 5.41) is 9.74. The van der Waals surface area contributed by atoms with Crippen LogP contribution < -0.4 is 0 Å². The average Bonchev–Trinajstić information content (AvgIpc) is 2.51. The van der Waals surface area contributed by atoms with Crippen molar-refractivity contribution in [3.05, 3.63) is 29.8 Å². The molecule has 17 heavy (non-hydrogen) atoms. The summed E-state index contributed by atoms with van der Waals surface area (Å²) in [5.41, 5.74) is 3.81. The number of hydrogen-bond acceptors (Lipinski definition) is 1. The lowest BCUT2D eigenvalue weighted by Gasteiger charge is -2.14. The zero-order valence-electron chi connectivity index (χ0n) is 10.6. The molecule has 1 aliphatic heterocycles. The number of fused-ring (bicyclic) bond motifs is 1. The predicted octanol–water partition coefficient (Wildman–Crippen LogP) is 2.68. The summed E-state index contributed by atoms with van der Waals surface area (Å²) in [6.45, 7) is 7.12. The summed E-state index contributed by atoms with van der Waals surface area (Å²) < 4.78 is 2.18. The number of β-amino-alcohol motifs (C(OH)–C–C–N with tert-alkyl or cyclic N) is 1. The zero-order valence-corrected chi connectivity index (χ0v) is 11.3. The first-order valence-corrected chi connectivity index (χ1v) is 6.47. The van der Waals surface area contributed by atoms with Gasteiger partial charge in [0.15, 0.2) is 12.3 Å². The second kappa shape index (κ2) is 4.43. The van der Waals surface area contributed by atoms with Gasteiger partial charge in [-0.3, -0.25) is 0 Å². The molecule has 0 aliphatic carbocycles. The van der Waals surface area contributed by atoms with E-state index in [2.05, 4.69) is 43.5 Å². The van der Waals surface area contributed by atoms with Gasteiger partial charge < -0.3 is 5.11 Å². The number of rotatable bonds is 3. The number of alkyl halides is 1. The SMILES string of the molecule is CC1=[N+](CC(O)CCl)c2ccccc2C1(C)C. The average molecular weight is 253 g/mol. The molecule has 0 saturated carbocycles. The molecule has 0 radical (unpaired) electrons. The van der Waals surface area contributed by atoms with Crippen molar-refractivity contribution in [1.29, 1.82) is 0 Å². The van der Waals surface area contributed by atoms with E-state index in [9.17, 15) is 5.11 Å². The molecule has 0 bridgehead atoms. The van der Waals surface area contributed by atoms with Crippen molar-refractivity contribution in [3.63, 3.8) is 0 Å². The Bertz CT molecular complexity index is 465. The monoisotopic (exact) mass is 252 g/mol. The third-order valence-electron chi connectivity index (χ3n) is 3.75. The van der Waals surface area contributed by atoms with Crippen molar-refractivity contribution in [2.24, 2.45) is 0 Å². The maximum Gasteiger partial charge on any atom is 0.209 e. The van der Waals surface area contributed by atoms with Crippen LogP contribution in [0.15, 0.2) is 24.3 Å². The Balaban J connectivity index is 2.47. The Kier molecular flexibility index (Phi) is 3.28. The van der Waals surface area contributed by atoms with Gasteiger partial charge in [-0.1, -0.05) is 18.2 Å². The molecule has 0 amide bonds. The summed E-state index contributed by atoms with van der Waals surface area (Å²) in [4.78, 5) is 0. The molecule has 1 aromatic rings. The van der Waals surface area contributed by atoms with Crippen LogP contribution in [0.25, 0.3) is 0 Å². The topological polar surface area (TPSA) is 23.2 Å². The molecule has 3 heteroatoms. The summed E-state index contributed by atoms with van der Waals surface area (Å²) in [6, 6.07) is 8.36. The van der Waals surface area contributed by atoms with Gasteiger partial charge >= 0.3 is 0 Å². The van der Waals surface area contributed by atoms with E-state index >= 15 is 0 Å². The van der Waals surface area contributed by atoms with E-state index in [-0.39, 0.29) is 11.3 Å². The highest BCUT2D eigenvalue weighted by Gasteiger charge is 2.42. The van der Waals surface area contributed by atoms with Gasteiger partial charge in [-0.05, 0) is 13.8 Å². The van der Waals surface area contributed by atoms with Crippen molar-refractivity contribution in [1.82, 2.24) is 0 Å². The highest BCUT2D eigenvalue weighted by molar-refractivity contribution is 6.18. The number of hydrogen-bond donors (Lipinski definition) is 1. The Hall–Kier alpha value is -0.860. The zero-order chi connectivity index (χ0) is 12.6. The van der Waals surface area contributed by atoms with Crippen LogP contribution in [0.3, 0.4) is 0 Å². The number of aliphatic hydroxyl groups is 1. The van der Waals surface area contributed by atoms with E-state index in [4.69, 9.17) is 11.6 Å². The van der Waals surface area contributed by atoms with E-state index in [1.165, 1.54) is 17.0 Å². The number of nitrogens with zero attached hydrogens (tertiary/aromatic N) is 1. The van der Waals surface area contributed by atoms with Gasteiger partial charge in [0.1, 0.15) is 6.10 Å². The first kappa shape index (κ1) is 12.6. The van der Waals surface area contributed by atoms with Crippen molar-refractivity contribution >= 4 is 23.0 Å². The van der Waals surface area contributed by atoms with E-state index in [1.807, 2.05) is 6.07 Å². The molecule has 2 nitrogen and oxygen atoms in total. The lowest BCUT2D eigenvalue weighted by atomic mass is 9.82. The van der Waals surface area contributed by atoms with Crippen LogP contribution in [0.1, 0.15) is 26.3 Å². The third-order valence-corrected chi connectivity index (χ3v) is 4.11. The smallest absolute Gasteiger partial charge is 0.209 e. The molecule has 0 fully saturated rings. The Labute approximate surface area is 108 Å². The van der Waals surface area contributed by atoms with E-state index in [0.29, 0.717) is 6.54 Å². The summed E-state index contributed by atoms with van der Waals surface area (Å²) >= 11 is 5.69. The highest BCUT2D eigenvalue weighted by Crippen LogP contribution is 2.39. The molecule has 92 valence electrons. The Morgan fingerprint density at radius 1 is 1.35 bits per heavy atom. The highest BCUT2D eigenvalue weighted by atomic mass is 35.5. The lowest BCUT2D eigenvalue weighted by molar-refractivity contribution is -0.449. The molecule has 2 rings (SSSR count). The minimum absolute atomic E-state index is 0.0304. The van der Waals surface area contributed by atoms with Crippen LogP contribution in [0.2, 0.25) is 0 Å². The van der Waals surface area contributed by atoms with E-state index < -0.39 is 6.10 Å². The maximum absolute atomic E-state index is 9.74. The molecular weight excluding hydrogens is 234 g/mol. The predicted molar refractivity (Wildman–Crippen MR) is 71.7 cm³/mol. The molecule has 1 atom stereocenters. The van der Waals surface area contributed by atoms with Crippen LogP contribution >= 0.6 is 11.6 Å². The van der Waals surface area contributed by atoms with Crippen molar-refractivity contribution < 1.29 is 9.68 Å². The standard InChI is InChI=1S/C14H19ClNO/c1-10-14(2,3)12-6-4-5-7-13(12)16(10)9-11(17)8-15/h4-7,11,17H,8-9H2,1-3H3/q+1. The molecule has 0 aromatic heterocycles. The number of benzene rings is 1. The van der Waals surface area contributed by atoms with Crippen molar-refractivity contribution in [3.8, 4) is 0 Å². The molecule has 0 spiro atoms. The van der Waals surface area contributed by atoms with Gasteiger partial charge in [0.25, 0.3) is 0 Å². The van der Waals surface area contributed by atoms with Crippen LogP contribution in [-0.2, 0) is 5.41 Å². The second-order valence-electron chi connectivity index (χ2n) is 5.15. The quantitative estimate of drug-likeness (QED) is 0.649. The summed E-state index contributed by atoms with van der Waals surface area (Å²) in [7, 11) is 0. The molecular formula is C14H19ClNO+. The fourth-order valence-corrected chi connectivity index (χ4v) is 2.54. The number of halogens is 1. The van der Waals surface area contributed by atoms with E-state index in [0.717, 1.165) is 0 Å². The van der Waals surface area contributed by atoms with Crippen LogP contribution in [0, 0.1) is 0 Å². The minimum atomic E-state index is -0.492. The molecule has 1 N–H and O–H groups in total. The normalized spacial score (nSPS) is 19.4. The number of para-hydroxylation sites is 1. The van der Waals surface area contributed by atoms with Gasteiger partial charge in [-0.25, -0.2) is 0 Å². The molecule has 1 aliphatic rings. The van der Waals surface area contributed by atoms with Gasteiger partial charge in [0, 0.05) is 18.6 Å². The second-order valence-corrected chi connectivity index (χ2v) is 5.45. The summed E-state index contributed by atoms with van der Waals surface area (Å²) in [6.07, 6.45) is -0.492. The maximum atomic E-state index is 9.74. The van der Waals surface area contributed by atoms with E-state index in [1.54, 1.807) is 0 Å². The lowest BCUT2D eigenvalue weighted by Crippen LogP contribution is -2.30. The fraction of sp³-hybridized carbons (Fsp3) is 0.500. The van der Waals surface area contributed by atoms with Crippen LogP contribution in [0.4, 0.5) is 5.69 Å². The van der Waals surface area contributed by atoms with Crippen LogP contribution in [-0.4, -0.2) is 33.9 Å². The van der Waals surface area contributed by atoms with Gasteiger partial charge in [-0.2, -0.15) is 4.58 Å². The van der Waals surface area contributed by atoms with Gasteiger partial charge in [-0.15, -0.1) is 11.6 Å². The molecule has 1 aromatic carbocycles. The van der Waals surface area contributed by atoms with Gasteiger partial charge in [0.05, 0.1) is 11.3 Å². The van der Waals surface area contributed by atoms with Crippen molar-refractivity contribution in [2.75, 3.05) is 12.4 Å². The molecule has 1 unspecified atom stereocenters. The molecule has 1 heterocycles. The van der Waals surface area contributed by atoms with Crippen molar-refractivity contribution in [2.45, 2.75) is 32.3 Å². The largest absolute Gasteiger partial charge is 0.385 e. The first-order valence-electron chi connectivity index (χ1n) is 5.93. The fourth-order valence-electron chi connectivity index (χ4n) is 2.45. The Morgan fingerprint density at radius 2 is 2.00 bits per heavy atom. The number of aliphatic hydroxyl groups excluding tert-OH is 1. The molecule has 0 saturated heterocycles. The third kappa shape index (κ3) is 2.00.